The van der Waals surface area contributed by atoms with Gasteiger partial charge in [-0.15, -0.1) is 0 Å². The molecule has 7 heteroatoms. The topological polar surface area (TPSA) is 92.7 Å². The normalized spacial score (nSPS) is 16.9. The van der Waals surface area contributed by atoms with Crippen molar-refractivity contribution in [1.82, 2.24) is 15.6 Å². The van der Waals surface area contributed by atoms with E-state index >= 15 is 0 Å². The third kappa shape index (κ3) is 4.28. The molecule has 0 bridgehead atoms. The van der Waals surface area contributed by atoms with E-state index in [4.69, 9.17) is 4.84 Å². The molecule has 2 N–H and O–H groups in total. The van der Waals surface area contributed by atoms with Gasteiger partial charge in [0.2, 0.25) is 6.10 Å². The summed E-state index contributed by atoms with van der Waals surface area (Å²) < 4.78 is 0. The summed E-state index contributed by atoms with van der Waals surface area (Å²) in [5.41, 5.74) is 1.38. The number of amides is 2. The van der Waals surface area contributed by atoms with Gasteiger partial charge in [0.1, 0.15) is 0 Å². The van der Waals surface area contributed by atoms with Crippen LogP contribution in [0.5, 0.6) is 0 Å². The van der Waals surface area contributed by atoms with Crippen LogP contribution in [0.25, 0.3) is 0 Å². The Labute approximate surface area is 129 Å². The summed E-state index contributed by atoms with van der Waals surface area (Å²) in [4.78, 5) is 32.6. The number of hydrogen-bond acceptors (Lipinski definition) is 5. The van der Waals surface area contributed by atoms with Crippen molar-refractivity contribution in [2.24, 2.45) is 11.1 Å². The summed E-state index contributed by atoms with van der Waals surface area (Å²) >= 11 is 0. The zero-order chi connectivity index (χ0) is 15.9. The quantitative estimate of drug-likeness (QED) is 0.758. The van der Waals surface area contributed by atoms with Gasteiger partial charge in [0, 0.05) is 31.9 Å². The fourth-order valence-corrected chi connectivity index (χ4v) is 1.95. The molecule has 118 valence electrons. The summed E-state index contributed by atoms with van der Waals surface area (Å²) in [6, 6.07) is 3.37. The minimum atomic E-state index is -0.563. The standard InChI is InChI=1S/C15H20N4O3/c1-10(2)12-8-13(22-19-12)15(21)18-7-6-17-14(20)11-4-3-5-16-9-11/h3-5,9-10,13H,6-8H2,1-2H3,(H,17,20)(H,18,21). The summed E-state index contributed by atoms with van der Waals surface area (Å²) in [7, 11) is 0. The lowest BCUT2D eigenvalue weighted by Gasteiger charge is -2.10. The molecule has 0 saturated heterocycles. The maximum atomic E-state index is 11.9. The molecule has 0 aromatic carbocycles. The SMILES string of the molecule is CC(C)C1=NOC(C(=O)NCCNC(=O)c2cccnc2)C1. The smallest absolute Gasteiger partial charge is 0.264 e. The molecule has 7 nitrogen and oxygen atoms in total. The van der Waals surface area contributed by atoms with Crippen LogP contribution in [-0.4, -0.2) is 41.7 Å². The predicted molar refractivity (Wildman–Crippen MR) is 81.3 cm³/mol. The van der Waals surface area contributed by atoms with Crippen LogP contribution in [0.3, 0.4) is 0 Å². The average Bonchev–Trinajstić information content (AvgIpc) is 3.02. The zero-order valence-corrected chi connectivity index (χ0v) is 12.7. The largest absolute Gasteiger partial charge is 0.382 e. The predicted octanol–water partition coefficient (Wildman–Crippen LogP) is 0.728. The first-order valence-corrected chi connectivity index (χ1v) is 7.26. The van der Waals surface area contributed by atoms with Gasteiger partial charge in [-0.25, -0.2) is 0 Å². The Hall–Kier alpha value is -2.44. The maximum Gasteiger partial charge on any atom is 0.264 e. The van der Waals surface area contributed by atoms with Gasteiger partial charge in [-0.2, -0.15) is 0 Å². The second-order valence-electron chi connectivity index (χ2n) is 5.32. The number of aromatic nitrogens is 1. The van der Waals surface area contributed by atoms with E-state index in [1.807, 2.05) is 13.8 Å². The van der Waals surface area contributed by atoms with E-state index in [1.54, 1.807) is 18.3 Å². The first-order valence-electron chi connectivity index (χ1n) is 7.26. The van der Waals surface area contributed by atoms with Crippen LogP contribution in [-0.2, 0) is 9.63 Å². The lowest BCUT2D eigenvalue weighted by atomic mass is 10.0. The van der Waals surface area contributed by atoms with Crippen molar-refractivity contribution in [1.29, 1.82) is 0 Å². The van der Waals surface area contributed by atoms with Crippen LogP contribution in [0.4, 0.5) is 0 Å². The number of rotatable bonds is 6. The van der Waals surface area contributed by atoms with Crippen LogP contribution < -0.4 is 10.6 Å². The first kappa shape index (κ1) is 15.9. The van der Waals surface area contributed by atoms with Crippen molar-refractivity contribution >= 4 is 17.5 Å². The number of hydrogen-bond donors (Lipinski definition) is 2. The van der Waals surface area contributed by atoms with Crippen molar-refractivity contribution in [2.75, 3.05) is 13.1 Å². The second kappa shape index (κ2) is 7.53. The molecule has 0 saturated carbocycles. The fraction of sp³-hybridized carbons (Fsp3) is 0.467. The lowest BCUT2D eigenvalue weighted by molar-refractivity contribution is -0.131. The van der Waals surface area contributed by atoms with Crippen molar-refractivity contribution in [3.05, 3.63) is 30.1 Å². The molecule has 0 aliphatic carbocycles. The monoisotopic (exact) mass is 304 g/mol. The van der Waals surface area contributed by atoms with Crippen molar-refractivity contribution in [2.45, 2.75) is 26.4 Å². The Bertz CT molecular complexity index is 557. The number of carbonyl (C=O) groups excluding carboxylic acids is 2. The van der Waals surface area contributed by atoms with Crippen LogP contribution in [0, 0.1) is 5.92 Å². The van der Waals surface area contributed by atoms with Gasteiger partial charge in [0.15, 0.2) is 0 Å². The van der Waals surface area contributed by atoms with Gasteiger partial charge in [-0.1, -0.05) is 19.0 Å². The average molecular weight is 304 g/mol. The highest BCUT2D eigenvalue weighted by atomic mass is 16.6. The third-order valence-electron chi connectivity index (χ3n) is 3.28. The summed E-state index contributed by atoms with van der Waals surface area (Å²) in [5.74, 6) is -0.156. The molecule has 1 aromatic rings. The van der Waals surface area contributed by atoms with Crippen LogP contribution in [0.1, 0.15) is 30.6 Å². The summed E-state index contributed by atoms with van der Waals surface area (Å²) in [6.07, 6.45) is 3.05. The molecule has 22 heavy (non-hydrogen) atoms. The van der Waals surface area contributed by atoms with Crippen LogP contribution in [0.2, 0.25) is 0 Å². The number of nitrogens with zero attached hydrogens (tertiary/aromatic N) is 2. The summed E-state index contributed by atoms with van der Waals surface area (Å²) in [5, 5.41) is 9.35. The van der Waals surface area contributed by atoms with E-state index in [0.717, 1.165) is 5.71 Å². The Kier molecular flexibility index (Phi) is 5.46. The molecule has 2 rings (SSSR count). The van der Waals surface area contributed by atoms with Gasteiger partial charge in [0.25, 0.3) is 11.8 Å². The van der Waals surface area contributed by atoms with Gasteiger partial charge in [-0.3, -0.25) is 14.6 Å². The molecule has 0 radical (unpaired) electrons. The zero-order valence-electron chi connectivity index (χ0n) is 12.7. The fourth-order valence-electron chi connectivity index (χ4n) is 1.95. The molecular weight excluding hydrogens is 284 g/mol. The van der Waals surface area contributed by atoms with Gasteiger partial charge < -0.3 is 15.5 Å². The molecule has 2 heterocycles. The van der Waals surface area contributed by atoms with E-state index in [-0.39, 0.29) is 17.7 Å². The Morgan fingerprint density at radius 1 is 1.36 bits per heavy atom. The second-order valence-corrected chi connectivity index (χ2v) is 5.32. The molecule has 1 aliphatic rings. The highest BCUT2D eigenvalue weighted by Gasteiger charge is 2.28. The van der Waals surface area contributed by atoms with E-state index in [9.17, 15) is 9.59 Å². The van der Waals surface area contributed by atoms with Gasteiger partial charge in [0.05, 0.1) is 11.3 Å². The highest BCUT2D eigenvalue weighted by Crippen LogP contribution is 2.15. The van der Waals surface area contributed by atoms with E-state index in [1.165, 1.54) is 6.20 Å². The van der Waals surface area contributed by atoms with Gasteiger partial charge in [-0.05, 0) is 18.1 Å². The molecule has 1 aliphatic heterocycles. The molecule has 1 unspecified atom stereocenters. The summed E-state index contributed by atoms with van der Waals surface area (Å²) in [6.45, 7) is 4.69. The maximum absolute atomic E-state index is 11.9. The van der Waals surface area contributed by atoms with Crippen LogP contribution in [0.15, 0.2) is 29.7 Å². The third-order valence-corrected chi connectivity index (χ3v) is 3.28. The number of oxime groups is 1. The van der Waals surface area contributed by atoms with Crippen LogP contribution >= 0.6 is 0 Å². The Morgan fingerprint density at radius 2 is 2.14 bits per heavy atom. The Morgan fingerprint density at radius 3 is 2.77 bits per heavy atom. The van der Waals surface area contributed by atoms with Crippen molar-refractivity contribution in [3.8, 4) is 0 Å². The molecule has 0 spiro atoms. The minimum absolute atomic E-state index is 0.213. The molecule has 2 amide bonds. The minimum Gasteiger partial charge on any atom is -0.382 e. The van der Waals surface area contributed by atoms with Gasteiger partial charge >= 0.3 is 0 Å². The lowest BCUT2D eigenvalue weighted by Crippen LogP contribution is -2.40. The van der Waals surface area contributed by atoms with E-state index < -0.39 is 6.10 Å². The highest BCUT2D eigenvalue weighted by molar-refractivity contribution is 5.94. The number of pyridine rings is 1. The molecule has 1 atom stereocenters. The van der Waals surface area contributed by atoms with E-state index in [0.29, 0.717) is 25.1 Å². The Balaban J connectivity index is 1.65. The molecule has 0 fully saturated rings. The first-order chi connectivity index (χ1) is 10.6. The molecule has 1 aromatic heterocycles. The van der Waals surface area contributed by atoms with Crippen molar-refractivity contribution < 1.29 is 14.4 Å². The van der Waals surface area contributed by atoms with E-state index in [2.05, 4.69) is 20.8 Å². The van der Waals surface area contributed by atoms with Crippen molar-refractivity contribution in [3.63, 3.8) is 0 Å². The number of nitrogens with one attached hydrogen (secondary N) is 2. The number of carbonyl (C=O) groups is 2. The molecular formula is C15H20N4O3.